The SMILES string of the molecule is COc1cc(C)c(N)c(C)n1. The minimum Gasteiger partial charge on any atom is -0.481 e. The fraction of sp³-hybridized carbons (Fsp3) is 0.375. The Labute approximate surface area is 66.2 Å². The molecule has 0 atom stereocenters. The molecule has 1 rings (SSSR count). The van der Waals surface area contributed by atoms with Gasteiger partial charge in [0.25, 0.3) is 0 Å². The number of methoxy groups -OCH3 is 1. The molecule has 0 spiro atoms. The number of nitrogens with zero attached hydrogens (tertiary/aromatic N) is 1. The van der Waals surface area contributed by atoms with Crippen molar-refractivity contribution in [2.24, 2.45) is 0 Å². The highest BCUT2D eigenvalue weighted by atomic mass is 16.5. The number of hydrogen-bond acceptors (Lipinski definition) is 3. The second-order valence-electron chi connectivity index (χ2n) is 2.48. The Morgan fingerprint density at radius 3 is 2.55 bits per heavy atom. The summed E-state index contributed by atoms with van der Waals surface area (Å²) in [6, 6.07) is 1.82. The van der Waals surface area contributed by atoms with E-state index in [0.717, 1.165) is 16.9 Å². The Morgan fingerprint density at radius 2 is 2.09 bits per heavy atom. The largest absolute Gasteiger partial charge is 0.481 e. The fourth-order valence-corrected chi connectivity index (χ4v) is 0.911. The zero-order chi connectivity index (χ0) is 8.43. The molecule has 1 heterocycles. The van der Waals surface area contributed by atoms with Crippen LogP contribution in [-0.4, -0.2) is 12.1 Å². The highest BCUT2D eigenvalue weighted by molar-refractivity contribution is 5.51. The lowest BCUT2D eigenvalue weighted by Crippen LogP contribution is -1.98. The molecular formula is C8H12N2O. The second kappa shape index (κ2) is 2.78. The van der Waals surface area contributed by atoms with Gasteiger partial charge in [-0.3, -0.25) is 0 Å². The highest BCUT2D eigenvalue weighted by Gasteiger charge is 2.01. The van der Waals surface area contributed by atoms with Gasteiger partial charge in [-0.25, -0.2) is 4.98 Å². The van der Waals surface area contributed by atoms with Crippen LogP contribution >= 0.6 is 0 Å². The Kier molecular flexibility index (Phi) is 1.98. The first-order chi connectivity index (χ1) is 5.15. The van der Waals surface area contributed by atoms with Crippen LogP contribution in [0.4, 0.5) is 5.69 Å². The van der Waals surface area contributed by atoms with E-state index in [1.54, 1.807) is 7.11 Å². The van der Waals surface area contributed by atoms with Gasteiger partial charge >= 0.3 is 0 Å². The third-order valence-electron chi connectivity index (χ3n) is 1.64. The van der Waals surface area contributed by atoms with Crippen molar-refractivity contribution < 1.29 is 4.74 Å². The average molecular weight is 152 g/mol. The molecule has 0 saturated heterocycles. The molecule has 2 N–H and O–H groups in total. The van der Waals surface area contributed by atoms with Gasteiger partial charge in [0.15, 0.2) is 0 Å². The van der Waals surface area contributed by atoms with E-state index >= 15 is 0 Å². The molecule has 11 heavy (non-hydrogen) atoms. The zero-order valence-corrected chi connectivity index (χ0v) is 7.01. The molecule has 3 heteroatoms. The number of aryl methyl sites for hydroxylation is 2. The molecule has 0 radical (unpaired) electrons. The fourth-order valence-electron chi connectivity index (χ4n) is 0.911. The lowest BCUT2D eigenvalue weighted by Gasteiger charge is -2.05. The third-order valence-corrected chi connectivity index (χ3v) is 1.64. The number of aromatic nitrogens is 1. The molecule has 0 unspecified atom stereocenters. The van der Waals surface area contributed by atoms with Gasteiger partial charge in [0.2, 0.25) is 5.88 Å². The summed E-state index contributed by atoms with van der Waals surface area (Å²) < 4.78 is 4.96. The van der Waals surface area contributed by atoms with Crippen LogP contribution in [0.3, 0.4) is 0 Å². The minimum absolute atomic E-state index is 0.620. The van der Waals surface area contributed by atoms with Gasteiger partial charge in [0.1, 0.15) is 0 Å². The van der Waals surface area contributed by atoms with E-state index in [4.69, 9.17) is 10.5 Å². The molecule has 0 bridgehead atoms. The Hall–Kier alpha value is -1.25. The molecular weight excluding hydrogens is 140 g/mol. The van der Waals surface area contributed by atoms with Crippen molar-refractivity contribution in [2.75, 3.05) is 12.8 Å². The van der Waals surface area contributed by atoms with Crippen LogP contribution in [0.25, 0.3) is 0 Å². The first-order valence-corrected chi connectivity index (χ1v) is 3.43. The van der Waals surface area contributed by atoms with Gasteiger partial charge in [-0.15, -0.1) is 0 Å². The van der Waals surface area contributed by atoms with Crippen molar-refractivity contribution in [1.29, 1.82) is 0 Å². The zero-order valence-electron chi connectivity index (χ0n) is 7.01. The maximum absolute atomic E-state index is 5.69. The first-order valence-electron chi connectivity index (χ1n) is 3.43. The van der Waals surface area contributed by atoms with E-state index in [9.17, 15) is 0 Å². The number of hydrogen-bond donors (Lipinski definition) is 1. The predicted octanol–water partition coefficient (Wildman–Crippen LogP) is 1.29. The maximum atomic E-state index is 5.69. The third kappa shape index (κ3) is 1.42. The Morgan fingerprint density at radius 1 is 1.45 bits per heavy atom. The summed E-state index contributed by atoms with van der Waals surface area (Å²) in [5.74, 6) is 0.620. The van der Waals surface area contributed by atoms with E-state index in [0.29, 0.717) is 5.88 Å². The first kappa shape index (κ1) is 7.85. The van der Waals surface area contributed by atoms with Gasteiger partial charge in [-0.1, -0.05) is 0 Å². The molecule has 0 saturated carbocycles. The molecule has 0 amide bonds. The molecule has 3 nitrogen and oxygen atoms in total. The average Bonchev–Trinajstić information content (AvgIpc) is 1.99. The highest BCUT2D eigenvalue weighted by Crippen LogP contribution is 2.18. The minimum atomic E-state index is 0.620. The summed E-state index contributed by atoms with van der Waals surface area (Å²) >= 11 is 0. The number of anilines is 1. The van der Waals surface area contributed by atoms with Crippen molar-refractivity contribution in [3.05, 3.63) is 17.3 Å². The molecule has 0 aliphatic heterocycles. The number of nitrogens with two attached hydrogens (primary N) is 1. The molecule has 60 valence electrons. The van der Waals surface area contributed by atoms with Gasteiger partial charge in [0, 0.05) is 6.07 Å². The molecule has 0 fully saturated rings. The smallest absolute Gasteiger partial charge is 0.213 e. The van der Waals surface area contributed by atoms with E-state index in [1.807, 2.05) is 19.9 Å². The Bertz CT molecular complexity index is 248. The summed E-state index contributed by atoms with van der Waals surface area (Å²) in [5.41, 5.74) is 8.26. The molecule has 0 aromatic carbocycles. The number of ether oxygens (including phenoxy) is 1. The van der Waals surface area contributed by atoms with Crippen molar-refractivity contribution >= 4 is 5.69 Å². The lowest BCUT2D eigenvalue weighted by molar-refractivity contribution is 0.396. The van der Waals surface area contributed by atoms with Crippen molar-refractivity contribution in [2.45, 2.75) is 13.8 Å². The van der Waals surface area contributed by atoms with E-state index in [2.05, 4.69) is 4.98 Å². The van der Waals surface area contributed by atoms with Gasteiger partial charge < -0.3 is 10.5 Å². The van der Waals surface area contributed by atoms with Crippen LogP contribution in [0.1, 0.15) is 11.3 Å². The van der Waals surface area contributed by atoms with Crippen LogP contribution in [0.15, 0.2) is 6.07 Å². The monoisotopic (exact) mass is 152 g/mol. The quantitative estimate of drug-likeness (QED) is 0.659. The summed E-state index contributed by atoms with van der Waals surface area (Å²) in [5, 5.41) is 0. The molecule has 0 aliphatic carbocycles. The summed E-state index contributed by atoms with van der Waals surface area (Å²) in [4.78, 5) is 4.10. The number of pyridine rings is 1. The van der Waals surface area contributed by atoms with Gasteiger partial charge in [0.05, 0.1) is 18.5 Å². The van der Waals surface area contributed by atoms with Crippen LogP contribution in [0.2, 0.25) is 0 Å². The number of rotatable bonds is 1. The van der Waals surface area contributed by atoms with Crippen LogP contribution in [0.5, 0.6) is 5.88 Å². The van der Waals surface area contributed by atoms with Crippen molar-refractivity contribution in [1.82, 2.24) is 4.98 Å². The molecule has 1 aromatic heterocycles. The predicted molar refractivity (Wildman–Crippen MR) is 44.7 cm³/mol. The molecule has 0 aliphatic rings. The van der Waals surface area contributed by atoms with E-state index in [-0.39, 0.29) is 0 Å². The second-order valence-corrected chi connectivity index (χ2v) is 2.48. The van der Waals surface area contributed by atoms with Crippen LogP contribution < -0.4 is 10.5 Å². The maximum Gasteiger partial charge on any atom is 0.213 e. The Balaban J connectivity index is 3.21. The summed E-state index contributed by atoms with van der Waals surface area (Å²) in [6.07, 6.45) is 0. The normalized spacial score (nSPS) is 9.73. The summed E-state index contributed by atoms with van der Waals surface area (Å²) in [6.45, 7) is 3.80. The lowest BCUT2D eigenvalue weighted by atomic mass is 10.2. The van der Waals surface area contributed by atoms with Gasteiger partial charge in [-0.2, -0.15) is 0 Å². The standard InChI is InChI=1S/C8H12N2O/c1-5-4-7(11-3)10-6(2)8(5)9/h4H,9H2,1-3H3. The molecule has 1 aromatic rings. The van der Waals surface area contributed by atoms with Crippen molar-refractivity contribution in [3.8, 4) is 5.88 Å². The van der Waals surface area contributed by atoms with Gasteiger partial charge in [-0.05, 0) is 19.4 Å². The summed E-state index contributed by atoms with van der Waals surface area (Å²) in [7, 11) is 1.59. The topological polar surface area (TPSA) is 48.1 Å². The van der Waals surface area contributed by atoms with Crippen LogP contribution in [0, 0.1) is 13.8 Å². The van der Waals surface area contributed by atoms with Crippen LogP contribution in [-0.2, 0) is 0 Å². The van der Waals surface area contributed by atoms with E-state index < -0.39 is 0 Å². The number of nitrogen functional groups attached to an aromatic ring is 1. The van der Waals surface area contributed by atoms with E-state index in [1.165, 1.54) is 0 Å². The van der Waals surface area contributed by atoms with Crippen molar-refractivity contribution in [3.63, 3.8) is 0 Å².